The van der Waals surface area contributed by atoms with Gasteiger partial charge in [0.05, 0.1) is 13.2 Å². The van der Waals surface area contributed by atoms with E-state index in [1.54, 1.807) is 0 Å². The lowest BCUT2D eigenvalue weighted by atomic mass is 9.95. The summed E-state index contributed by atoms with van der Waals surface area (Å²) >= 11 is 0. The molecule has 0 aromatic heterocycles. The number of hydrogen-bond acceptors (Lipinski definition) is 4. The molecule has 2 N–H and O–H groups in total. The van der Waals surface area contributed by atoms with Crippen LogP contribution in [-0.4, -0.2) is 50.3 Å². The van der Waals surface area contributed by atoms with Gasteiger partial charge in [-0.05, 0) is 36.5 Å². The van der Waals surface area contributed by atoms with E-state index in [0.717, 1.165) is 63.4 Å². The first-order valence-corrected chi connectivity index (χ1v) is 9.65. The third kappa shape index (κ3) is 8.02. The fourth-order valence-corrected chi connectivity index (χ4v) is 3.19. The van der Waals surface area contributed by atoms with Crippen LogP contribution in [0.3, 0.4) is 0 Å². The van der Waals surface area contributed by atoms with Crippen LogP contribution < -0.4 is 10.5 Å². The Hall–Kier alpha value is -1.85. The van der Waals surface area contributed by atoms with Gasteiger partial charge in [-0.1, -0.05) is 37.6 Å². The highest BCUT2D eigenvalue weighted by Gasteiger charge is 2.10. The number of primary amides is 1. The van der Waals surface area contributed by atoms with Gasteiger partial charge in [0.25, 0.3) is 0 Å². The number of morpholine rings is 1. The SMILES string of the molecule is CCCC(CC=Cc1ccc(OCCN2CCOCC2)cc1)CC(N)=O. The quantitative estimate of drug-likeness (QED) is 0.659. The van der Waals surface area contributed by atoms with Gasteiger partial charge in [-0.15, -0.1) is 0 Å². The average molecular weight is 360 g/mol. The van der Waals surface area contributed by atoms with Gasteiger partial charge >= 0.3 is 0 Å². The van der Waals surface area contributed by atoms with E-state index in [9.17, 15) is 4.79 Å². The molecule has 1 heterocycles. The zero-order valence-corrected chi connectivity index (χ0v) is 15.9. The third-order valence-electron chi connectivity index (χ3n) is 4.63. The standard InChI is InChI=1S/C21H32N2O3/c1-2-4-19(17-21(22)24)6-3-5-18-7-9-20(10-8-18)26-16-13-23-11-14-25-15-12-23/h3,5,7-10,19H,2,4,6,11-17H2,1H3,(H2,22,24). The summed E-state index contributed by atoms with van der Waals surface area (Å²) in [5.41, 5.74) is 6.46. The second-order valence-electron chi connectivity index (χ2n) is 6.83. The van der Waals surface area contributed by atoms with E-state index in [2.05, 4.69) is 36.1 Å². The summed E-state index contributed by atoms with van der Waals surface area (Å²) in [5.74, 6) is 1.03. The highest BCUT2D eigenvalue weighted by Crippen LogP contribution is 2.18. The van der Waals surface area contributed by atoms with Crippen LogP contribution in [0.4, 0.5) is 0 Å². The number of carbonyl (C=O) groups excluding carboxylic acids is 1. The maximum absolute atomic E-state index is 11.1. The number of allylic oxidation sites excluding steroid dienone is 1. The first-order valence-electron chi connectivity index (χ1n) is 9.65. The predicted molar refractivity (Wildman–Crippen MR) is 105 cm³/mol. The molecule has 1 saturated heterocycles. The molecule has 1 unspecified atom stereocenters. The molecule has 2 rings (SSSR count). The molecule has 1 aliphatic heterocycles. The Morgan fingerprint density at radius 3 is 2.69 bits per heavy atom. The summed E-state index contributed by atoms with van der Waals surface area (Å²) in [7, 11) is 0. The fraction of sp³-hybridized carbons (Fsp3) is 0.571. The number of carbonyl (C=O) groups is 1. The highest BCUT2D eigenvalue weighted by atomic mass is 16.5. The molecule has 1 atom stereocenters. The van der Waals surface area contributed by atoms with E-state index in [1.165, 1.54) is 0 Å². The number of rotatable bonds is 11. The second-order valence-corrected chi connectivity index (χ2v) is 6.83. The molecule has 26 heavy (non-hydrogen) atoms. The van der Waals surface area contributed by atoms with Crippen molar-refractivity contribution in [1.29, 1.82) is 0 Å². The molecule has 0 aliphatic carbocycles. The lowest BCUT2D eigenvalue weighted by Gasteiger charge is -2.26. The van der Waals surface area contributed by atoms with Crippen molar-refractivity contribution in [3.63, 3.8) is 0 Å². The minimum atomic E-state index is -0.213. The van der Waals surface area contributed by atoms with Crippen LogP contribution in [0.25, 0.3) is 6.08 Å². The maximum atomic E-state index is 11.1. The van der Waals surface area contributed by atoms with Crippen molar-refractivity contribution < 1.29 is 14.3 Å². The lowest BCUT2D eigenvalue weighted by molar-refractivity contribution is -0.118. The van der Waals surface area contributed by atoms with Crippen molar-refractivity contribution in [2.24, 2.45) is 11.7 Å². The lowest BCUT2D eigenvalue weighted by Crippen LogP contribution is -2.38. The van der Waals surface area contributed by atoms with Crippen LogP contribution in [0, 0.1) is 5.92 Å². The number of ether oxygens (including phenoxy) is 2. The van der Waals surface area contributed by atoms with Crippen LogP contribution >= 0.6 is 0 Å². The summed E-state index contributed by atoms with van der Waals surface area (Å²) in [6.45, 7) is 7.38. The van der Waals surface area contributed by atoms with Gasteiger partial charge in [-0.25, -0.2) is 0 Å². The number of benzene rings is 1. The van der Waals surface area contributed by atoms with Crippen LogP contribution in [0.5, 0.6) is 5.75 Å². The number of nitrogens with two attached hydrogens (primary N) is 1. The summed E-state index contributed by atoms with van der Waals surface area (Å²) in [6.07, 6.45) is 7.69. The van der Waals surface area contributed by atoms with Crippen molar-refractivity contribution in [2.45, 2.75) is 32.6 Å². The normalized spacial score (nSPS) is 16.7. The van der Waals surface area contributed by atoms with Gasteiger partial charge in [0.15, 0.2) is 0 Å². The van der Waals surface area contributed by atoms with Crippen LogP contribution in [0.2, 0.25) is 0 Å². The Morgan fingerprint density at radius 2 is 2.04 bits per heavy atom. The molecule has 1 aliphatic rings. The monoisotopic (exact) mass is 360 g/mol. The molecule has 5 nitrogen and oxygen atoms in total. The van der Waals surface area contributed by atoms with E-state index in [1.807, 2.05) is 12.1 Å². The Bertz CT molecular complexity index is 551. The number of nitrogens with zero attached hydrogens (tertiary/aromatic N) is 1. The van der Waals surface area contributed by atoms with E-state index in [-0.39, 0.29) is 5.91 Å². The third-order valence-corrected chi connectivity index (χ3v) is 4.63. The zero-order valence-electron chi connectivity index (χ0n) is 15.9. The largest absolute Gasteiger partial charge is 0.492 e. The smallest absolute Gasteiger partial charge is 0.217 e. The first-order chi connectivity index (χ1) is 12.7. The van der Waals surface area contributed by atoms with Gasteiger partial charge in [0, 0.05) is 26.1 Å². The zero-order chi connectivity index (χ0) is 18.6. The molecule has 1 amide bonds. The Morgan fingerprint density at radius 1 is 1.31 bits per heavy atom. The second kappa shape index (κ2) is 11.7. The summed E-state index contributed by atoms with van der Waals surface area (Å²) in [6, 6.07) is 8.13. The minimum absolute atomic E-state index is 0.213. The first kappa shape index (κ1) is 20.5. The van der Waals surface area contributed by atoms with Crippen molar-refractivity contribution >= 4 is 12.0 Å². The van der Waals surface area contributed by atoms with Crippen molar-refractivity contribution in [3.05, 3.63) is 35.9 Å². The van der Waals surface area contributed by atoms with E-state index >= 15 is 0 Å². The summed E-state index contributed by atoms with van der Waals surface area (Å²) in [5, 5.41) is 0. The fourth-order valence-electron chi connectivity index (χ4n) is 3.19. The number of hydrogen-bond donors (Lipinski definition) is 1. The van der Waals surface area contributed by atoms with Gasteiger partial charge in [-0.3, -0.25) is 9.69 Å². The molecule has 144 valence electrons. The average Bonchev–Trinajstić information content (AvgIpc) is 2.64. The van der Waals surface area contributed by atoms with E-state index in [4.69, 9.17) is 15.2 Å². The Kier molecular flexibility index (Phi) is 9.21. The van der Waals surface area contributed by atoms with Crippen molar-refractivity contribution in [2.75, 3.05) is 39.5 Å². The molecule has 0 radical (unpaired) electrons. The Balaban J connectivity index is 1.72. The molecule has 0 saturated carbocycles. The molecule has 0 bridgehead atoms. The molecule has 1 fully saturated rings. The predicted octanol–water partition coefficient (Wildman–Crippen LogP) is 3.09. The van der Waals surface area contributed by atoms with Crippen molar-refractivity contribution in [3.8, 4) is 5.75 Å². The summed E-state index contributed by atoms with van der Waals surface area (Å²) < 4.78 is 11.2. The molecule has 5 heteroatoms. The van der Waals surface area contributed by atoms with Crippen LogP contribution in [0.1, 0.15) is 38.2 Å². The van der Waals surface area contributed by atoms with Gasteiger partial charge in [-0.2, -0.15) is 0 Å². The van der Waals surface area contributed by atoms with E-state index < -0.39 is 0 Å². The van der Waals surface area contributed by atoms with Crippen LogP contribution in [-0.2, 0) is 9.53 Å². The highest BCUT2D eigenvalue weighted by molar-refractivity contribution is 5.74. The molecule has 0 spiro atoms. The van der Waals surface area contributed by atoms with Crippen molar-refractivity contribution in [1.82, 2.24) is 4.90 Å². The Labute approximate surface area is 157 Å². The van der Waals surface area contributed by atoms with Crippen LogP contribution in [0.15, 0.2) is 30.3 Å². The molecular weight excluding hydrogens is 328 g/mol. The van der Waals surface area contributed by atoms with Gasteiger partial charge < -0.3 is 15.2 Å². The van der Waals surface area contributed by atoms with E-state index in [0.29, 0.717) is 18.9 Å². The molecule has 1 aromatic rings. The van der Waals surface area contributed by atoms with Gasteiger partial charge in [0.2, 0.25) is 5.91 Å². The topological polar surface area (TPSA) is 64.8 Å². The molecule has 1 aromatic carbocycles. The minimum Gasteiger partial charge on any atom is -0.492 e. The maximum Gasteiger partial charge on any atom is 0.217 e. The van der Waals surface area contributed by atoms with Gasteiger partial charge in [0.1, 0.15) is 12.4 Å². The summed E-state index contributed by atoms with van der Waals surface area (Å²) in [4.78, 5) is 13.5. The molecular formula is C21H32N2O3. The number of amides is 1.